The summed E-state index contributed by atoms with van der Waals surface area (Å²) in [6.45, 7) is 0. The molecule has 0 atom stereocenters. The van der Waals surface area contributed by atoms with Crippen molar-refractivity contribution in [3.63, 3.8) is 0 Å². The first-order chi connectivity index (χ1) is 14.2. The first-order valence-electron chi connectivity index (χ1n) is 9.78. The second-order valence-corrected chi connectivity index (χ2v) is 7.57. The Balaban J connectivity index is 1.78. The van der Waals surface area contributed by atoms with E-state index in [1.807, 2.05) is 12.1 Å². The summed E-state index contributed by atoms with van der Waals surface area (Å²) >= 11 is 0. The molecule has 2 aliphatic rings. The van der Waals surface area contributed by atoms with Crippen LogP contribution in [0.5, 0.6) is 0 Å². The highest BCUT2D eigenvalue weighted by Crippen LogP contribution is 2.53. The van der Waals surface area contributed by atoms with E-state index in [9.17, 15) is 10.0 Å². The molecule has 0 spiro atoms. The monoisotopic (exact) mass is 372 g/mol. The molecule has 0 heterocycles. The second-order valence-electron chi connectivity index (χ2n) is 7.57. The van der Waals surface area contributed by atoms with Crippen molar-refractivity contribution >= 4 is 23.7 Å². The molecule has 2 aliphatic carbocycles. The van der Waals surface area contributed by atoms with Crippen molar-refractivity contribution in [2.45, 2.75) is 0 Å². The molecule has 3 heteroatoms. The molecule has 0 radical (unpaired) electrons. The van der Waals surface area contributed by atoms with Gasteiger partial charge in [-0.15, -0.1) is 0 Å². The highest BCUT2D eigenvalue weighted by molar-refractivity contribution is 6.58. The quantitative estimate of drug-likeness (QED) is 0.422. The Morgan fingerprint density at radius 1 is 0.414 bits per heavy atom. The van der Waals surface area contributed by atoms with Gasteiger partial charge in [0.05, 0.1) is 0 Å². The van der Waals surface area contributed by atoms with Gasteiger partial charge < -0.3 is 10.0 Å². The van der Waals surface area contributed by atoms with Crippen molar-refractivity contribution in [2.75, 3.05) is 0 Å². The average molecular weight is 372 g/mol. The fourth-order valence-electron chi connectivity index (χ4n) is 4.80. The Morgan fingerprint density at radius 2 is 0.793 bits per heavy atom. The first-order valence-corrected chi connectivity index (χ1v) is 9.78. The van der Waals surface area contributed by atoms with E-state index < -0.39 is 7.12 Å². The Kier molecular flexibility index (Phi) is 3.45. The van der Waals surface area contributed by atoms with Crippen LogP contribution in [0.2, 0.25) is 0 Å². The molecule has 6 rings (SSSR count). The van der Waals surface area contributed by atoms with Gasteiger partial charge in [-0.1, -0.05) is 91.0 Å². The Labute approximate surface area is 169 Å². The van der Waals surface area contributed by atoms with E-state index >= 15 is 0 Å². The SMILES string of the molecule is OB(O)c1ccc2c(c1)C(=C1c3ccccc3-c3ccccc31)c1ccccc1-2. The highest BCUT2D eigenvalue weighted by Gasteiger charge is 2.32. The lowest BCUT2D eigenvalue weighted by Crippen LogP contribution is -2.29. The van der Waals surface area contributed by atoms with Crippen molar-refractivity contribution in [3.05, 3.63) is 113 Å². The topological polar surface area (TPSA) is 40.5 Å². The molecule has 0 saturated carbocycles. The van der Waals surface area contributed by atoms with E-state index in [0.29, 0.717) is 5.46 Å². The van der Waals surface area contributed by atoms with Gasteiger partial charge in [0.1, 0.15) is 0 Å². The van der Waals surface area contributed by atoms with Crippen LogP contribution in [-0.2, 0) is 0 Å². The molecule has 2 N–H and O–H groups in total. The lowest BCUT2D eigenvalue weighted by Gasteiger charge is -2.12. The summed E-state index contributed by atoms with van der Waals surface area (Å²) in [6.07, 6.45) is 0. The van der Waals surface area contributed by atoms with Crippen LogP contribution in [0.3, 0.4) is 0 Å². The van der Waals surface area contributed by atoms with Crippen molar-refractivity contribution < 1.29 is 10.0 Å². The van der Waals surface area contributed by atoms with E-state index in [4.69, 9.17) is 0 Å². The van der Waals surface area contributed by atoms with Crippen LogP contribution < -0.4 is 5.46 Å². The largest absolute Gasteiger partial charge is 0.488 e. The standard InChI is InChI=1S/C26H17BO2/c28-27(29)16-13-14-20-19-9-3-6-12-23(19)26(24(20)15-16)25-21-10-4-1-7-17(21)18-8-2-5-11-22(18)25/h1-15,28-29H. The third-order valence-corrected chi connectivity index (χ3v) is 6.03. The van der Waals surface area contributed by atoms with E-state index in [1.54, 1.807) is 6.07 Å². The van der Waals surface area contributed by atoms with Crippen LogP contribution in [0.4, 0.5) is 0 Å². The molecular formula is C26H17BO2. The predicted octanol–water partition coefficient (Wildman–Crippen LogP) is 4.33. The minimum atomic E-state index is -1.49. The summed E-state index contributed by atoms with van der Waals surface area (Å²) in [6, 6.07) is 31.2. The van der Waals surface area contributed by atoms with Crippen LogP contribution in [-0.4, -0.2) is 17.2 Å². The molecule has 136 valence electrons. The molecule has 0 bridgehead atoms. The first kappa shape index (κ1) is 16.5. The summed E-state index contributed by atoms with van der Waals surface area (Å²) in [5.41, 5.74) is 12.4. The molecule has 0 unspecified atom stereocenters. The van der Waals surface area contributed by atoms with Gasteiger partial charge in [0.2, 0.25) is 0 Å². The van der Waals surface area contributed by atoms with Gasteiger partial charge in [0.15, 0.2) is 0 Å². The predicted molar refractivity (Wildman–Crippen MR) is 119 cm³/mol. The van der Waals surface area contributed by atoms with E-state index in [2.05, 4.69) is 72.8 Å². The maximum Gasteiger partial charge on any atom is 0.488 e. The van der Waals surface area contributed by atoms with Gasteiger partial charge in [0.25, 0.3) is 0 Å². The van der Waals surface area contributed by atoms with Crippen LogP contribution in [0.1, 0.15) is 22.3 Å². The van der Waals surface area contributed by atoms with Crippen molar-refractivity contribution in [2.24, 2.45) is 0 Å². The average Bonchev–Trinajstić information content (AvgIpc) is 3.26. The van der Waals surface area contributed by atoms with Gasteiger partial charge in [-0.25, -0.2) is 0 Å². The van der Waals surface area contributed by atoms with Gasteiger partial charge in [0, 0.05) is 0 Å². The minimum Gasteiger partial charge on any atom is -0.423 e. The van der Waals surface area contributed by atoms with Crippen LogP contribution >= 0.6 is 0 Å². The summed E-state index contributed by atoms with van der Waals surface area (Å²) < 4.78 is 0. The maximum atomic E-state index is 9.78. The fraction of sp³-hybridized carbons (Fsp3) is 0. The fourth-order valence-corrected chi connectivity index (χ4v) is 4.80. The minimum absolute atomic E-state index is 0.509. The van der Waals surface area contributed by atoms with Gasteiger partial charge in [-0.3, -0.25) is 0 Å². The molecule has 0 aliphatic heterocycles. The Bertz CT molecular complexity index is 1290. The molecule has 0 amide bonds. The molecule has 0 aromatic heterocycles. The number of hydrogen-bond donors (Lipinski definition) is 2. The molecule has 0 saturated heterocycles. The van der Waals surface area contributed by atoms with E-state index in [-0.39, 0.29) is 0 Å². The summed E-state index contributed by atoms with van der Waals surface area (Å²) in [5, 5.41) is 19.6. The van der Waals surface area contributed by atoms with E-state index in [0.717, 1.165) is 16.7 Å². The summed E-state index contributed by atoms with van der Waals surface area (Å²) in [4.78, 5) is 0. The van der Waals surface area contributed by atoms with Crippen LogP contribution in [0.15, 0.2) is 91.0 Å². The van der Waals surface area contributed by atoms with Crippen molar-refractivity contribution in [1.82, 2.24) is 0 Å². The third kappa shape index (κ3) is 2.26. The van der Waals surface area contributed by atoms with Gasteiger partial charge in [-0.05, 0) is 61.1 Å². The lowest BCUT2D eigenvalue weighted by atomic mass is 9.78. The molecule has 2 nitrogen and oxygen atoms in total. The van der Waals surface area contributed by atoms with Crippen molar-refractivity contribution in [3.8, 4) is 22.3 Å². The van der Waals surface area contributed by atoms with Gasteiger partial charge >= 0.3 is 7.12 Å². The van der Waals surface area contributed by atoms with Crippen LogP contribution in [0.25, 0.3) is 33.4 Å². The summed E-state index contributed by atoms with van der Waals surface area (Å²) in [5.74, 6) is 0. The normalized spacial score (nSPS) is 13.0. The molecule has 29 heavy (non-hydrogen) atoms. The summed E-state index contributed by atoms with van der Waals surface area (Å²) in [7, 11) is -1.49. The third-order valence-electron chi connectivity index (χ3n) is 6.03. The number of benzene rings is 4. The number of fused-ring (bicyclic) bond motifs is 6. The van der Waals surface area contributed by atoms with Crippen molar-refractivity contribution in [1.29, 1.82) is 0 Å². The zero-order valence-electron chi connectivity index (χ0n) is 15.6. The smallest absolute Gasteiger partial charge is 0.423 e. The zero-order chi connectivity index (χ0) is 19.5. The lowest BCUT2D eigenvalue weighted by molar-refractivity contribution is 0.426. The molecule has 4 aromatic carbocycles. The molecule has 4 aromatic rings. The highest BCUT2D eigenvalue weighted by atomic mass is 16.4. The van der Waals surface area contributed by atoms with Crippen LogP contribution in [0, 0.1) is 0 Å². The maximum absolute atomic E-state index is 9.78. The second kappa shape index (κ2) is 6.05. The Morgan fingerprint density at radius 3 is 1.24 bits per heavy atom. The van der Waals surface area contributed by atoms with E-state index in [1.165, 1.54) is 39.0 Å². The van der Waals surface area contributed by atoms with Gasteiger partial charge in [-0.2, -0.15) is 0 Å². The number of rotatable bonds is 1. The molecular weight excluding hydrogens is 355 g/mol. The molecule has 0 fully saturated rings. The number of hydrogen-bond acceptors (Lipinski definition) is 2. The zero-order valence-corrected chi connectivity index (χ0v) is 15.6. The Hall–Kier alpha value is -3.40.